The first kappa shape index (κ1) is 14.0. The van der Waals surface area contributed by atoms with Crippen LogP contribution in [0.1, 0.15) is 11.1 Å². The molecular formula is C15H15BrFNO. The van der Waals surface area contributed by atoms with Crippen LogP contribution in [0.3, 0.4) is 0 Å². The maximum atomic E-state index is 13.6. The van der Waals surface area contributed by atoms with Gasteiger partial charge in [-0.3, -0.25) is 0 Å². The maximum Gasteiger partial charge on any atom is 0.128 e. The van der Waals surface area contributed by atoms with E-state index in [1.54, 1.807) is 13.2 Å². The number of ether oxygens (including phenoxy) is 1. The zero-order valence-corrected chi connectivity index (χ0v) is 12.2. The molecule has 2 rings (SSSR count). The minimum Gasteiger partial charge on any atom is -0.496 e. The molecule has 0 amide bonds. The summed E-state index contributed by atoms with van der Waals surface area (Å²) in [6.45, 7) is 1.12. The molecule has 0 unspecified atom stereocenters. The molecule has 0 aromatic heterocycles. The van der Waals surface area contributed by atoms with Crippen LogP contribution in [0.5, 0.6) is 5.75 Å². The largest absolute Gasteiger partial charge is 0.496 e. The molecule has 0 aliphatic heterocycles. The Balaban J connectivity index is 1.96. The number of nitrogens with one attached hydrogen (secondary N) is 1. The van der Waals surface area contributed by atoms with Crippen molar-refractivity contribution in [3.8, 4) is 5.75 Å². The van der Waals surface area contributed by atoms with Crippen molar-refractivity contribution in [2.45, 2.75) is 13.1 Å². The molecule has 0 bridgehead atoms. The second kappa shape index (κ2) is 6.68. The molecule has 1 N–H and O–H groups in total. The Morgan fingerprint density at radius 3 is 2.58 bits per heavy atom. The van der Waals surface area contributed by atoms with E-state index in [1.165, 1.54) is 6.07 Å². The van der Waals surface area contributed by atoms with Gasteiger partial charge < -0.3 is 10.1 Å². The van der Waals surface area contributed by atoms with Crippen LogP contribution in [-0.4, -0.2) is 7.11 Å². The highest BCUT2D eigenvalue weighted by Gasteiger charge is 2.04. The third kappa shape index (κ3) is 3.78. The second-order valence-corrected chi connectivity index (χ2v) is 5.07. The van der Waals surface area contributed by atoms with Crippen molar-refractivity contribution in [2.24, 2.45) is 0 Å². The van der Waals surface area contributed by atoms with Gasteiger partial charge in [-0.15, -0.1) is 0 Å². The lowest BCUT2D eigenvalue weighted by molar-refractivity contribution is 0.407. The van der Waals surface area contributed by atoms with Gasteiger partial charge in [0.05, 0.1) is 7.11 Å². The van der Waals surface area contributed by atoms with Crippen LogP contribution in [0.25, 0.3) is 0 Å². The van der Waals surface area contributed by atoms with Crippen LogP contribution >= 0.6 is 15.9 Å². The van der Waals surface area contributed by atoms with Crippen molar-refractivity contribution in [3.63, 3.8) is 0 Å². The third-order valence-electron chi connectivity index (χ3n) is 2.84. The summed E-state index contributed by atoms with van der Waals surface area (Å²) in [4.78, 5) is 0. The van der Waals surface area contributed by atoms with Crippen LogP contribution in [-0.2, 0) is 13.1 Å². The summed E-state index contributed by atoms with van der Waals surface area (Å²) in [6.07, 6.45) is 0. The molecular weight excluding hydrogens is 309 g/mol. The van der Waals surface area contributed by atoms with Gasteiger partial charge in [0.25, 0.3) is 0 Å². The van der Waals surface area contributed by atoms with E-state index in [1.807, 2.05) is 30.3 Å². The summed E-state index contributed by atoms with van der Waals surface area (Å²) >= 11 is 3.24. The van der Waals surface area contributed by atoms with Gasteiger partial charge in [0.15, 0.2) is 0 Å². The SMILES string of the molecule is COc1ccccc1CNCc1ccc(Br)cc1F. The Bertz CT molecular complexity index is 560. The molecule has 0 aliphatic rings. The highest BCUT2D eigenvalue weighted by atomic mass is 79.9. The van der Waals surface area contributed by atoms with Crippen molar-refractivity contribution in [1.82, 2.24) is 5.32 Å². The van der Waals surface area contributed by atoms with Gasteiger partial charge in [-0.2, -0.15) is 0 Å². The lowest BCUT2D eigenvalue weighted by Crippen LogP contribution is -2.14. The summed E-state index contributed by atoms with van der Waals surface area (Å²) < 4.78 is 19.6. The molecule has 0 atom stereocenters. The summed E-state index contributed by atoms with van der Waals surface area (Å²) in [7, 11) is 1.65. The average molecular weight is 324 g/mol. The molecule has 0 fully saturated rings. The fourth-order valence-corrected chi connectivity index (χ4v) is 2.18. The number of para-hydroxylation sites is 1. The van der Waals surface area contributed by atoms with Crippen molar-refractivity contribution < 1.29 is 9.13 Å². The summed E-state index contributed by atoms with van der Waals surface area (Å²) in [5, 5.41) is 3.22. The Labute approximate surface area is 120 Å². The number of rotatable bonds is 5. The molecule has 0 aliphatic carbocycles. The topological polar surface area (TPSA) is 21.3 Å². The van der Waals surface area contributed by atoms with Crippen molar-refractivity contribution in [3.05, 3.63) is 63.9 Å². The summed E-state index contributed by atoms with van der Waals surface area (Å²) in [5.41, 5.74) is 1.71. The maximum absolute atomic E-state index is 13.6. The summed E-state index contributed by atoms with van der Waals surface area (Å²) in [5.74, 6) is 0.633. The van der Waals surface area contributed by atoms with Gasteiger partial charge in [0.1, 0.15) is 11.6 Å². The zero-order valence-electron chi connectivity index (χ0n) is 10.6. The lowest BCUT2D eigenvalue weighted by Gasteiger charge is -2.10. The number of hydrogen-bond acceptors (Lipinski definition) is 2. The van der Waals surface area contributed by atoms with E-state index in [9.17, 15) is 4.39 Å². The predicted octanol–water partition coefficient (Wildman–Crippen LogP) is 3.89. The van der Waals surface area contributed by atoms with Gasteiger partial charge in [0, 0.05) is 28.7 Å². The standard InChI is InChI=1S/C15H15BrFNO/c1-19-15-5-3-2-4-12(15)10-18-9-11-6-7-13(16)8-14(11)17/h2-8,18H,9-10H2,1H3. The molecule has 100 valence electrons. The minimum atomic E-state index is -0.207. The quantitative estimate of drug-likeness (QED) is 0.901. The van der Waals surface area contributed by atoms with Crippen LogP contribution in [0.15, 0.2) is 46.9 Å². The lowest BCUT2D eigenvalue weighted by atomic mass is 10.2. The first-order valence-electron chi connectivity index (χ1n) is 5.97. The molecule has 2 aromatic rings. The van der Waals surface area contributed by atoms with Gasteiger partial charge in [0.2, 0.25) is 0 Å². The Kier molecular flexibility index (Phi) is 4.93. The number of benzene rings is 2. The fraction of sp³-hybridized carbons (Fsp3) is 0.200. The highest BCUT2D eigenvalue weighted by molar-refractivity contribution is 9.10. The molecule has 0 spiro atoms. The minimum absolute atomic E-state index is 0.207. The Morgan fingerprint density at radius 1 is 1.11 bits per heavy atom. The highest BCUT2D eigenvalue weighted by Crippen LogP contribution is 2.18. The van der Waals surface area contributed by atoms with Gasteiger partial charge >= 0.3 is 0 Å². The van der Waals surface area contributed by atoms with Crippen molar-refractivity contribution >= 4 is 15.9 Å². The van der Waals surface area contributed by atoms with E-state index in [0.717, 1.165) is 15.8 Å². The first-order chi connectivity index (χ1) is 9.20. The van der Waals surface area contributed by atoms with Crippen molar-refractivity contribution in [2.75, 3.05) is 7.11 Å². The number of halogens is 2. The molecule has 0 saturated heterocycles. The van der Waals surface area contributed by atoms with Gasteiger partial charge in [-0.05, 0) is 18.2 Å². The summed E-state index contributed by atoms with van der Waals surface area (Å²) in [6, 6.07) is 12.9. The van der Waals surface area contributed by atoms with Crippen LogP contribution in [0, 0.1) is 5.82 Å². The number of hydrogen-bond donors (Lipinski definition) is 1. The average Bonchev–Trinajstić information content (AvgIpc) is 2.42. The molecule has 2 nitrogen and oxygen atoms in total. The fourth-order valence-electron chi connectivity index (χ4n) is 1.85. The van der Waals surface area contributed by atoms with E-state index in [0.29, 0.717) is 18.7 Å². The number of methoxy groups -OCH3 is 1. The zero-order chi connectivity index (χ0) is 13.7. The van der Waals surface area contributed by atoms with E-state index in [4.69, 9.17) is 4.74 Å². The van der Waals surface area contributed by atoms with Gasteiger partial charge in [-0.1, -0.05) is 40.2 Å². The van der Waals surface area contributed by atoms with E-state index >= 15 is 0 Å². The normalized spacial score (nSPS) is 10.5. The van der Waals surface area contributed by atoms with E-state index in [-0.39, 0.29) is 5.82 Å². The van der Waals surface area contributed by atoms with Crippen LogP contribution < -0.4 is 10.1 Å². The first-order valence-corrected chi connectivity index (χ1v) is 6.76. The van der Waals surface area contributed by atoms with Crippen LogP contribution in [0.2, 0.25) is 0 Å². The predicted molar refractivity (Wildman–Crippen MR) is 77.6 cm³/mol. The molecule has 2 aromatic carbocycles. The molecule has 0 heterocycles. The van der Waals surface area contributed by atoms with E-state index in [2.05, 4.69) is 21.2 Å². The molecule has 0 radical (unpaired) electrons. The molecule has 0 saturated carbocycles. The third-order valence-corrected chi connectivity index (χ3v) is 3.33. The molecule has 4 heteroatoms. The van der Waals surface area contributed by atoms with E-state index < -0.39 is 0 Å². The van der Waals surface area contributed by atoms with Gasteiger partial charge in [-0.25, -0.2) is 4.39 Å². The Hall–Kier alpha value is -1.39. The van der Waals surface area contributed by atoms with Crippen LogP contribution in [0.4, 0.5) is 4.39 Å². The Morgan fingerprint density at radius 2 is 1.84 bits per heavy atom. The second-order valence-electron chi connectivity index (χ2n) is 4.15. The molecule has 19 heavy (non-hydrogen) atoms. The smallest absolute Gasteiger partial charge is 0.128 e. The van der Waals surface area contributed by atoms with Crippen molar-refractivity contribution in [1.29, 1.82) is 0 Å². The monoisotopic (exact) mass is 323 g/mol.